The van der Waals surface area contributed by atoms with Gasteiger partial charge in [-0.3, -0.25) is 4.98 Å². The van der Waals surface area contributed by atoms with E-state index in [9.17, 15) is 0 Å². The summed E-state index contributed by atoms with van der Waals surface area (Å²) in [6.07, 6.45) is 5.60. The minimum atomic E-state index is 0.204. The summed E-state index contributed by atoms with van der Waals surface area (Å²) in [6, 6.07) is 8.64. The summed E-state index contributed by atoms with van der Waals surface area (Å²) in [4.78, 5) is 13.5. The van der Waals surface area contributed by atoms with Crippen LogP contribution in [0.3, 0.4) is 0 Å². The van der Waals surface area contributed by atoms with Crippen LogP contribution in [0.4, 0.5) is 5.13 Å². The maximum atomic E-state index is 6.11. The molecule has 1 saturated carbocycles. The Morgan fingerprint density at radius 1 is 1.12 bits per heavy atom. The first-order valence-electron chi connectivity index (χ1n) is 8.65. The van der Waals surface area contributed by atoms with Crippen molar-refractivity contribution in [3.05, 3.63) is 42.4 Å². The first kappa shape index (κ1) is 15.0. The van der Waals surface area contributed by atoms with Crippen LogP contribution < -0.4 is 15.4 Å². The highest BCUT2D eigenvalue weighted by Crippen LogP contribution is 2.33. The molecule has 2 fully saturated rings. The van der Waals surface area contributed by atoms with E-state index < -0.39 is 0 Å². The molecule has 128 valence electrons. The monoisotopic (exact) mass is 353 g/mol. The standard InChI is InChI=1S/C18H19N5OS/c1-2-4-15-14(3-1)23-18(25-15)22-12-7-13(8-12)24-17-16(11-9-19-10-11)20-5-6-21-17/h1-6,11-13,19H,7-10H2,(H,22,23). The number of nitrogens with zero attached hydrogens (tertiary/aromatic N) is 3. The van der Waals surface area contributed by atoms with Gasteiger partial charge in [-0.05, 0) is 12.1 Å². The maximum absolute atomic E-state index is 6.11. The van der Waals surface area contributed by atoms with Crippen molar-refractivity contribution < 1.29 is 4.74 Å². The second-order valence-electron chi connectivity index (χ2n) is 6.64. The van der Waals surface area contributed by atoms with E-state index in [1.165, 1.54) is 4.70 Å². The molecule has 1 aromatic carbocycles. The van der Waals surface area contributed by atoms with Crippen molar-refractivity contribution in [2.75, 3.05) is 18.4 Å². The Morgan fingerprint density at radius 3 is 2.76 bits per heavy atom. The molecule has 0 radical (unpaired) electrons. The van der Waals surface area contributed by atoms with Gasteiger partial charge in [0.25, 0.3) is 0 Å². The average molecular weight is 353 g/mol. The highest BCUT2D eigenvalue weighted by molar-refractivity contribution is 7.22. The van der Waals surface area contributed by atoms with Crippen LogP contribution >= 0.6 is 11.3 Å². The Morgan fingerprint density at radius 2 is 1.96 bits per heavy atom. The number of aromatic nitrogens is 3. The zero-order valence-corrected chi connectivity index (χ0v) is 14.5. The fourth-order valence-electron chi connectivity index (χ4n) is 3.24. The molecular weight excluding hydrogens is 334 g/mol. The molecule has 1 saturated heterocycles. The molecule has 5 rings (SSSR count). The number of fused-ring (bicyclic) bond motifs is 1. The third kappa shape index (κ3) is 2.94. The molecular formula is C18H19N5OS. The molecule has 0 amide bonds. The van der Waals surface area contributed by atoms with E-state index in [1.54, 1.807) is 23.7 Å². The third-order valence-corrected chi connectivity index (χ3v) is 5.82. The molecule has 3 aromatic rings. The van der Waals surface area contributed by atoms with E-state index in [-0.39, 0.29) is 6.10 Å². The first-order valence-corrected chi connectivity index (χ1v) is 9.47. The molecule has 6 nitrogen and oxygen atoms in total. The first-order chi connectivity index (χ1) is 12.3. The van der Waals surface area contributed by atoms with Crippen molar-refractivity contribution in [1.29, 1.82) is 0 Å². The van der Waals surface area contributed by atoms with Gasteiger partial charge in [0.15, 0.2) is 5.13 Å². The molecule has 3 heterocycles. The summed E-state index contributed by atoms with van der Waals surface area (Å²) in [5.74, 6) is 1.14. The van der Waals surface area contributed by atoms with Crippen LogP contribution in [-0.4, -0.2) is 40.2 Å². The fraction of sp³-hybridized carbons (Fsp3) is 0.389. The van der Waals surface area contributed by atoms with Crippen LogP contribution in [0.1, 0.15) is 24.5 Å². The van der Waals surface area contributed by atoms with E-state index in [1.807, 2.05) is 12.1 Å². The van der Waals surface area contributed by atoms with Gasteiger partial charge < -0.3 is 15.4 Å². The van der Waals surface area contributed by atoms with E-state index in [4.69, 9.17) is 4.74 Å². The number of thiazole rings is 1. The van der Waals surface area contributed by atoms with Crippen molar-refractivity contribution in [3.63, 3.8) is 0 Å². The summed E-state index contributed by atoms with van der Waals surface area (Å²) in [5.41, 5.74) is 2.05. The quantitative estimate of drug-likeness (QED) is 0.735. The van der Waals surface area contributed by atoms with Crippen LogP contribution in [0.5, 0.6) is 5.88 Å². The number of rotatable bonds is 5. The Balaban J connectivity index is 1.20. The minimum absolute atomic E-state index is 0.204. The predicted molar refractivity (Wildman–Crippen MR) is 98.3 cm³/mol. The lowest BCUT2D eigenvalue weighted by molar-refractivity contribution is 0.0996. The SMILES string of the molecule is c1ccc2sc(NC3CC(Oc4nccnc4C4CNC4)C3)nc2c1. The molecule has 25 heavy (non-hydrogen) atoms. The van der Waals surface area contributed by atoms with Gasteiger partial charge in [-0.1, -0.05) is 23.5 Å². The highest BCUT2D eigenvalue weighted by Gasteiger charge is 2.33. The molecule has 2 N–H and O–H groups in total. The predicted octanol–water partition coefficient (Wildman–Crippen LogP) is 2.79. The number of hydrogen-bond donors (Lipinski definition) is 2. The molecule has 1 aliphatic heterocycles. The van der Waals surface area contributed by atoms with E-state index in [2.05, 4.69) is 37.7 Å². The number of ether oxygens (including phenoxy) is 1. The summed E-state index contributed by atoms with van der Waals surface area (Å²) in [5, 5.41) is 7.79. The molecule has 0 unspecified atom stereocenters. The fourth-order valence-corrected chi connectivity index (χ4v) is 4.18. The normalized spacial score (nSPS) is 23.0. The van der Waals surface area contributed by atoms with Gasteiger partial charge in [0.05, 0.1) is 10.2 Å². The lowest BCUT2D eigenvalue weighted by Crippen LogP contribution is -2.44. The molecule has 0 spiro atoms. The topological polar surface area (TPSA) is 72.0 Å². The van der Waals surface area contributed by atoms with Crippen molar-refractivity contribution in [3.8, 4) is 5.88 Å². The molecule has 0 bridgehead atoms. The number of hydrogen-bond acceptors (Lipinski definition) is 7. The zero-order valence-electron chi connectivity index (χ0n) is 13.7. The summed E-state index contributed by atoms with van der Waals surface area (Å²) in [6.45, 7) is 1.92. The van der Waals surface area contributed by atoms with Crippen LogP contribution in [0.15, 0.2) is 36.7 Å². The smallest absolute Gasteiger partial charge is 0.236 e. The Hall–Kier alpha value is -2.25. The lowest BCUT2D eigenvalue weighted by atomic mass is 9.89. The highest BCUT2D eigenvalue weighted by atomic mass is 32.1. The summed E-state index contributed by atoms with van der Waals surface area (Å²) in [7, 11) is 0. The third-order valence-electron chi connectivity index (χ3n) is 4.85. The Bertz CT molecular complexity index is 855. The van der Waals surface area contributed by atoms with Crippen LogP contribution in [-0.2, 0) is 0 Å². The van der Waals surface area contributed by atoms with Crippen molar-refractivity contribution in [1.82, 2.24) is 20.3 Å². The van der Waals surface area contributed by atoms with E-state index in [0.29, 0.717) is 17.8 Å². The van der Waals surface area contributed by atoms with E-state index in [0.717, 1.165) is 42.3 Å². The lowest BCUT2D eigenvalue weighted by Gasteiger charge is -2.36. The number of benzene rings is 1. The molecule has 2 aromatic heterocycles. The van der Waals surface area contributed by atoms with Gasteiger partial charge in [0.2, 0.25) is 5.88 Å². The summed E-state index contributed by atoms with van der Waals surface area (Å²) < 4.78 is 7.32. The molecule has 7 heteroatoms. The van der Waals surface area contributed by atoms with Crippen molar-refractivity contribution in [2.24, 2.45) is 0 Å². The molecule has 1 aliphatic carbocycles. The van der Waals surface area contributed by atoms with Crippen LogP contribution in [0.25, 0.3) is 10.2 Å². The van der Waals surface area contributed by atoms with Gasteiger partial charge >= 0.3 is 0 Å². The number of anilines is 1. The second kappa shape index (κ2) is 6.24. The maximum Gasteiger partial charge on any atom is 0.236 e. The Labute approximate surface area is 149 Å². The molecule has 2 aliphatic rings. The van der Waals surface area contributed by atoms with Gasteiger partial charge in [0, 0.05) is 50.3 Å². The summed E-state index contributed by atoms with van der Waals surface area (Å²) >= 11 is 1.70. The second-order valence-corrected chi connectivity index (χ2v) is 7.67. The van der Waals surface area contributed by atoms with Crippen molar-refractivity contribution in [2.45, 2.75) is 30.9 Å². The minimum Gasteiger partial charge on any atom is -0.473 e. The van der Waals surface area contributed by atoms with Gasteiger partial charge in [-0.15, -0.1) is 0 Å². The number of nitrogens with one attached hydrogen (secondary N) is 2. The van der Waals surface area contributed by atoms with Gasteiger partial charge in [-0.25, -0.2) is 9.97 Å². The largest absolute Gasteiger partial charge is 0.473 e. The van der Waals surface area contributed by atoms with Crippen LogP contribution in [0, 0.1) is 0 Å². The van der Waals surface area contributed by atoms with Crippen LogP contribution in [0.2, 0.25) is 0 Å². The van der Waals surface area contributed by atoms with E-state index >= 15 is 0 Å². The van der Waals surface area contributed by atoms with Crippen molar-refractivity contribution >= 4 is 26.7 Å². The molecule has 0 atom stereocenters. The number of para-hydroxylation sites is 1. The zero-order chi connectivity index (χ0) is 16.6. The Kier molecular flexibility index (Phi) is 3.75. The average Bonchev–Trinajstić information content (AvgIpc) is 2.95. The van der Waals surface area contributed by atoms with Gasteiger partial charge in [-0.2, -0.15) is 0 Å². The van der Waals surface area contributed by atoms with Gasteiger partial charge in [0.1, 0.15) is 11.8 Å².